The van der Waals surface area contributed by atoms with E-state index in [1.165, 1.54) is 6.20 Å². The number of hydrogen-bond donors (Lipinski definition) is 1. The Hall–Kier alpha value is -3.98. The Morgan fingerprint density at radius 2 is 1.89 bits per heavy atom. The lowest BCUT2D eigenvalue weighted by Crippen LogP contribution is -2.41. The number of primary amides is 1. The Morgan fingerprint density at radius 1 is 1.14 bits per heavy atom. The Kier molecular flexibility index (Phi) is 7.05. The van der Waals surface area contributed by atoms with Crippen LogP contribution in [0, 0.1) is 0 Å². The van der Waals surface area contributed by atoms with Gasteiger partial charge in [-0.2, -0.15) is 10.1 Å². The summed E-state index contributed by atoms with van der Waals surface area (Å²) in [5.74, 6) is -0.394. The van der Waals surface area contributed by atoms with Crippen LogP contribution >= 0.6 is 11.6 Å². The zero-order chi connectivity index (χ0) is 25.9. The average molecular weight is 519 g/mol. The van der Waals surface area contributed by atoms with Gasteiger partial charge >= 0.3 is 5.97 Å². The SMILES string of the molecule is CCOC(=O)c1cnc(N2CCCC2C(N)=O)nc1N1C[C@H](c2ccccc2)C(c2ccc(Cl)cc2)=N1. The summed E-state index contributed by atoms with van der Waals surface area (Å²) >= 11 is 6.14. The molecule has 0 spiro atoms. The Bertz CT molecular complexity index is 1330. The molecule has 5 rings (SSSR count). The van der Waals surface area contributed by atoms with E-state index in [2.05, 4.69) is 17.1 Å². The first-order valence-electron chi connectivity index (χ1n) is 12.2. The first kappa shape index (κ1) is 24.7. The van der Waals surface area contributed by atoms with E-state index < -0.39 is 17.9 Å². The Balaban J connectivity index is 1.60. The van der Waals surface area contributed by atoms with Gasteiger partial charge in [0.2, 0.25) is 11.9 Å². The minimum atomic E-state index is -0.539. The summed E-state index contributed by atoms with van der Waals surface area (Å²) < 4.78 is 5.29. The number of rotatable bonds is 7. The molecule has 1 unspecified atom stereocenters. The molecule has 9 nitrogen and oxygen atoms in total. The lowest BCUT2D eigenvalue weighted by Gasteiger charge is -2.24. The van der Waals surface area contributed by atoms with Gasteiger partial charge in [-0.1, -0.05) is 54.1 Å². The number of nitrogens with zero attached hydrogens (tertiary/aromatic N) is 5. The van der Waals surface area contributed by atoms with E-state index in [0.717, 1.165) is 23.3 Å². The number of benzene rings is 2. The molecule has 3 heterocycles. The van der Waals surface area contributed by atoms with Gasteiger partial charge in [0.1, 0.15) is 11.6 Å². The van der Waals surface area contributed by atoms with Crippen LogP contribution in [0.2, 0.25) is 5.02 Å². The van der Waals surface area contributed by atoms with E-state index in [0.29, 0.717) is 36.3 Å². The lowest BCUT2D eigenvalue weighted by atomic mass is 9.91. The molecule has 2 aromatic carbocycles. The lowest BCUT2D eigenvalue weighted by molar-refractivity contribution is -0.119. The molecule has 1 aromatic heterocycles. The number of anilines is 2. The van der Waals surface area contributed by atoms with E-state index in [4.69, 9.17) is 32.2 Å². The third-order valence-corrected chi connectivity index (χ3v) is 6.84. The third-order valence-electron chi connectivity index (χ3n) is 6.59. The van der Waals surface area contributed by atoms with Crippen molar-refractivity contribution in [3.63, 3.8) is 0 Å². The molecule has 0 bridgehead atoms. The number of nitrogens with two attached hydrogens (primary N) is 1. The summed E-state index contributed by atoms with van der Waals surface area (Å²) in [6.45, 7) is 3.00. The molecular formula is C27H27ClN6O3. The van der Waals surface area contributed by atoms with Gasteiger partial charge in [0, 0.05) is 23.7 Å². The first-order valence-corrected chi connectivity index (χ1v) is 12.6. The largest absolute Gasteiger partial charge is 0.462 e. The van der Waals surface area contributed by atoms with E-state index in [1.807, 2.05) is 42.5 Å². The molecule has 1 fully saturated rings. The van der Waals surface area contributed by atoms with Crippen molar-refractivity contribution < 1.29 is 14.3 Å². The van der Waals surface area contributed by atoms with Crippen LogP contribution in [0.1, 0.15) is 47.2 Å². The van der Waals surface area contributed by atoms with Gasteiger partial charge in [0.05, 0.1) is 18.9 Å². The first-order chi connectivity index (χ1) is 18.0. The van der Waals surface area contributed by atoms with Crippen LogP contribution in [-0.2, 0) is 9.53 Å². The third kappa shape index (κ3) is 4.99. The number of halogens is 1. The molecule has 37 heavy (non-hydrogen) atoms. The number of hydrogen-bond acceptors (Lipinski definition) is 8. The maximum atomic E-state index is 12.9. The highest BCUT2D eigenvalue weighted by atomic mass is 35.5. The number of carbonyl (C=O) groups excluding carboxylic acids is 2. The molecule has 2 aliphatic heterocycles. The van der Waals surface area contributed by atoms with E-state index in [9.17, 15) is 9.59 Å². The normalized spacial score (nSPS) is 19.1. The van der Waals surface area contributed by atoms with Crippen molar-refractivity contribution in [2.45, 2.75) is 31.7 Å². The minimum Gasteiger partial charge on any atom is -0.462 e. The second-order valence-corrected chi connectivity index (χ2v) is 9.36. The van der Waals surface area contributed by atoms with Gasteiger partial charge in [0.15, 0.2) is 5.82 Å². The van der Waals surface area contributed by atoms with Crippen molar-refractivity contribution in [2.75, 3.05) is 29.6 Å². The van der Waals surface area contributed by atoms with Crippen LogP contribution in [0.3, 0.4) is 0 Å². The number of esters is 1. The molecule has 0 saturated carbocycles. The second kappa shape index (κ2) is 10.6. The summed E-state index contributed by atoms with van der Waals surface area (Å²) in [5.41, 5.74) is 8.66. The van der Waals surface area contributed by atoms with Crippen molar-refractivity contribution in [2.24, 2.45) is 10.8 Å². The summed E-state index contributed by atoms with van der Waals surface area (Å²) in [4.78, 5) is 35.9. The van der Waals surface area contributed by atoms with Gasteiger partial charge in [-0.15, -0.1) is 0 Å². The highest BCUT2D eigenvalue weighted by Crippen LogP contribution is 2.34. The second-order valence-electron chi connectivity index (χ2n) is 8.92. The van der Waals surface area contributed by atoms with E-state index in [1.54, 1.807) is 16.8 Å². The highest BCUT2D eigenvalue weighted by molar-refractivity contribution is 6.30. The summed E-state index contributed by atoms with van der Waals surface area (Å²) in [6, 6.07) is 17.1. The molecular weight excluding hydrogens is 492 g/mol. The van der Waals surface area contributed by atoms with E-state index >= 15 is 0 Å². The van der Waals surface area contributed by atoms with Gasteiger partial charge in [0.25, 0.3) is 0 Å². The molecule has 2 atom stereocenters. The minimum absolute atomic E-state index is 0.0824. The molecule has 2 aliphatic rings. The summed E-state index contributed by atoms with van der Waals surface area (Å²) in [6.07, 6.45) is 2.87. The maximum absolute atomic E-state index is 12.9. The average Bonchev–Trinajstić information content (AvgIpc) is 3.58. The maximum Gasteiger partial charge on any atom is 0.343 e. The Labute approximate surface area is 219 Å². The van der Waals surface area contributed by atoms with Crippen LogP contribution in [0.15, 0.2) is 65.9 Å². The standard InChI is InChI=1S/C27H27ClN6O3/c1-2-37-26(36)20-15-30-27(33-14-6-9-22(33)24(29)35)31-25(20)34-16-21(17-7-4-3-5-8-17)23(32-34)18-10-12-19(28)13-11-18/h3-5,7-8,10-13,15,21-22H,2,6,9,14,16H2,1H3,(H2,29,35)/t21-,22?/m1/s1. The van der Waals surface area contributed by atoms with Crippen LogP contribution in [0.4, 0.5) is 11.8 Å². The molecule has 2 N–H and O–H groups in total. The number of hydrazone groups is 1. The fourth-order valence-electron chi connectivity index (χ4n) is 4.82. The van der Waals surface area contributed by atoms with Gasteiger partial charge in [-0.3, -0.25) is 4.79 Å². The topological polar surface area (TPSA) is 114 Å². The zero-order valence-corrected chi connectivity index (χ0v) is 21.1. The molecule has 3 aromatic rings. The predicted octanol–water partition coefficient (Wildman–Crippen LogP) is 3.77. The monoisotopic (exact) mass is 518 g/mol. The van der Waals surface area contributed by atoms with Crippen molar-refractivity contribution >= 4 is 41.0 Å². The van der Waals surface area contributed by atoms with Crippen molar-refractivity contribution in [3.8, 4) is 0 Å². The Morgan fingerprint density at radius 3 is 2.59 bits per heavy atom. The summed E-state index contributed by atoms with van der Waals surface area (Å²) in [7, 11) is 0. The van der Waals surface area contributed by atoms with Gasteiger partial charge in [-0.25, -0.2) is 14.8 Å². The molecule has 0 radical (unpaired) electrons. The molecule has 1 amide bonds. The number of amides is 1. The van der Waals surface area contributed by atoms with E-state index in [-0.39, 0.29) is 18.1 Å². The van der Waals surface area contributed by atoms with Gasteiger partial charge < -0.3 is 15.4 Å². The number of aromatic nitrogens is 2. The van der Waals surface area contributed by atoms with Crippen LogP contribution in [0.5, 0.6) is 0 Å². The van der Waals surface area contributed by atoms with Crippen LogP contribution in [-0.4, -0.2) is 53.3 Å². The molecule has 10 heteroatoms. The van der Waals surface area contributed by atoms with Crippen molar-refractivity contribution in [1.29, 1.82) is 0 Å². The van der Waals surface area contributed by atoms with Gasteiger partial charge in [-0.05, 0) is 43.0 Å². The molecule has 0 aliphatic carbocycles. The van der Waals surface area contributed by atoms with Crippen molar-refractivity contribution in [1.82, 2.24) is 9.97 Å². The van der Waals surface area contributed by atoms with Crippen LogP contribution < -0.4 is 15.6 Å². The van der Waals surface area contributed by atoms with Crippen LogP contribution in [0.25, 0.3) is 0 Å². The molecule has 1 saturated heterocycles. The molecule has 190 valence electrons. The fraction of sp³-hybridized carbons (Fsp3) is 0.296. The quantitative estimate of drug-likeness (QED) is 0.473. The summed E-state index contributed by atoms with van der Waals surface area (Å²) in [5, 5.41) is 7.29. The van der Waals surface area contributed by atoms with Crippen molar-refractivity contribution in [3.05, 3.63) is 82.5 Å². The fourth-order valence-corrected chi connectivity index (χ4v) is 4.94. The number of ether oxygens (including phenoxy) is 1. The zero-order valence-electron chi connectivity index (χ0n) is 20.4. The number of carbonyl (C=O) groups is 2. The predicted molar refractivity (Wildman–Crippen MR) is 142 cm³/mol. The highest BCUT2D eigenvalue weighted by Gasteiger charge is 2.35. The smallest absolute Gasteiger partial charge is 0.343 e.